The van der Waals surface area contributed by atoms with Gasteiger partial charge in [0.2, 0.25) is 5.91 Å². The zero-order valence-corrected chi connectivity index (χ0v) is 12.6. The highest BCUT2D eigenvalue weighted by Crippen LogP contribution is 2.28. The van der Waals surface area contributed by atoms with E-state index < -0.39 is 0 Å². The molecule has 0 spiro atoms. The normalized spacial score (nSPS) is 10.3. The first kappa shape index (κ1) is 14.8. The van der Waals surface area contributed by atoms with Crippen molar-refractivity contribution < 1.29 is 4.79 Å². The van der Waals surface area contributed by atoms with Gasteiger partial charge in [-0.2, -0.15) is 0 Å². The van der Waals surface area contributed by atoms with Crippen molar-refractivity contribution in [1.29, 1.82) is 0 Å². The third kappa shape index (κ3) is 4.18. The Morgan fingerprint density at radius 3 is 2.60 bits per heavy atom. The highest BCUT2D eigenvalue weighted by atomic mass is 35.5. The average molecular weight is 307 g/mol. The Labute approximate surface area is 127 Å². The molecule has 0 fully saturated rings. The van der Waals surface area contributed by atoms with Gasteiger partial charge >= 0.3 is 0 Å². The van der Waals surface area contributed by atoms with Gasteiger partial charge in [0.15, 0.2) is 0 Å². The van der Waals surface area contributed by atoms with Crippen LogP contribution in [0.5, 0.6) is 0 Å². The SMILES string of the molecule is CC(=O)Nc1ccc(SCc2cc(Cl)ccc2N)cc1. The van der Waals surface area contributed by atoms with Gasteiger partial charge in [0.25, 0.3) is 0 Å². The number of carbonyl (C=O) groups excluding carboxylic acids is 1. The molecule has 2 aromatic carbocycles. The number of rotatable bonds is 4. The topological polar surface area (TPSA) is 55.1 Å². The number of nitrogen functional groups attached to an aromatic ring is 1. The predicted molar refractivity (Wildman–Crippen MR) is 86.2 cm³/mol. The fourth-order valence-corrected chi connectivity index (χ4v) is 2.79. The van der Waals surface area contributed by atoms with Gasteiger partial charge in [0.05, 0.1) is 0 Å². The molecule has 20 heavy (non-hydrogen) atoms. The average Bonchev–Trinajstić information content (AvgIpc) is 2.41. The second-order valence-electron chi connectivity index (χ2n) is 4.34. The highest BCUT2D eigenvalue weighted by Gasteiger charge is 2.02. The summed E-state index contributed by atoms with van der Waals surface area (Å²) in [6, 6.07) is 13.2. The Balaban J connectivity index is 2.00. The van der Waals surface area contributed by atoms with Crippen LogP contribution in [0.2, 0.25) is 5.02 Å². The molecule has 0 saturated heterocycles. The van der Waals surface area contributed by atoms with Crippen molar-refractivity contribution in [1.82, 2.24) is 0 Å². The van der Waals surface area contributed by atoms with Crippen molar-refractivity contribution in [2.75, 3.05) is 11.1 Å². The van der Waals surface area contributed by atoms with Crippen LogP contribution >= 0.6 is 23.4 Å². The second kappa shape index (κ2) is 6.68. The van der Waals surface area contributed by atoms with Crippen molar-refractivity contribution in [3.63, 3.8) is 0 Å². The molecule has 0 saturated carbocycles. The molecule has 0 unspecified atom stereocenters. The van der Waals surface area contributed by atoms with E-state index in [1.807, 2.05) is 36.4 Å². The molecule has 0 bridgehead atoms. The Kier molecular flexibility index (Phi) is 4.93. The van der Waals surface area contributed by atoms with E-state index in [-0.39, 0.29) is 5.91 Å². The minimum atomic E-state index is -0.0721. The lowest BCUT2D eigenvalue weighted by Crippen LogP contribution is -2.05. The summed E-state index contributed by atoms with van der Waals surface area (Å²) in [5.74, 6) is 0.684. The maximum Gasteiger partial charge on any atom is 0.221 e. The number of anilines is 2. The van der Waals surface area contributed by atoms with E-state index in [2.05, 4.69) is 5.32 Å². The Bertz CT molecular complexity index is 614. The summed E-state index contributed by atoms with van der Waals surface area (Å²) in [5.41, 5.74) is 8.48. The standard InChI is InChI=1S/C15H15ClN2OS/c1-10(19)18-13-3-5-14(6-4-13)20-9-11-8-12(16)2-7-15(11)17/h2-8H,9,17H2,1H3,(H,18,19). The van der Waals surface area contributed by atoms with E-state index in [4.69, 9.17) is 17.3 Å². The van der Waals surface area contributed by atoms with Crippen LogP contribution in [-0.2, 0) is 10.5 Å². The molecule has 0 atom stereocenters. The number of nitrogens with two attached hydrogens (primary N) is 1. The van der Waals surface area contributed by atoms with E-state index in [1.165, 1.54) is 6.92 Å². The van der Waals surface area contributed by atoms with Crippen LogP contribution in [0.3, 0.4) is 0 Å². The molecule has 2 rings (SSSR count). The molecule has 0 radical (unpaired) electrons. The maximum atomic E-state index is 10.9. The van der Waals surface area contributed by atoms with Crippen LogP contribution in [0.25, 0.3) is 0 Å². The molecule has 3 nitrogen and oxygen atoms in total. The number of thioether (sulfide) groups is 1. The largest absolute Gasteiger partial charge is 0.398 e. The van der Waals surface area contributed by atoms with E-state index in [0.29, 0.717) is 5.02 Å². The first-order chi connectivity index (χ1) is 9.54. The van der Waals surface area contributed by atoms with Crippen molar-refractivity contribution in [3.8, 4) is 0 Å². The van der Waals surface area contributed by atoms with Crippen LogP contribution in [0, 0.1) is 0 Å². The van der Waals surface area contributed by atoms with E-state index in [1.54, 1.807) is 17.8 Å². The molecule has 0 aliphatic heterocycles. The first-order valence-electron chi connectivity index (χ1n) is 6.09. The molecule has 3 N–H and O–H groups in total. The Hall–Kier alpha value is -1.65. The summed E-state index contributed by atoms with van der Waals surface area (Å²) in [6.45, 7) is 1.49. The van der Waals surface area contributed by atoms with Crippen molar-refractivity contribution >= 4 is 40.6 Å². The molecule has 1 amide bonds. The number of halogens is 1. The molecule has 5 heteroatoms. The summed E-state index contributed by atoms with van der Waals surface area (Å²) in [6.07, 6.45) is 0. The molecule has 0 aromatic heterocycles. The Morgan fingerprint density at radius 2 is 1.95 bits per heavy atom. The third-order valence-corrected chi connectivity index (χ3v) is 3.97. The Morgan fingerprint density at radius 1 is 1.25 bits per heavy atom. The lowest BCUT2D eigenvalue weighted by Gasteiger charge is -2.07. The number of hydrogen-bond donors (Lipinski definition) is 2. The van der Waals surface area contributed by atoms with Gasteiger partial charge < -0.3 is 11.1 Å². The first-order valence-corrected chi connectivity index (χ1v) is 7.45. The van der Waals surface area contributed by atoms with Gasteiger partial charge in [0.1, 0.15) is 0 Å². The van der Waals surface area contributed by atoms with E-state index in [0.717, 1.165) is 27.6 Å². The molecular formula is C15H15ClN2OS. The second-order valence-corrected chi connectivity index (χ2v) is 5.82. The van der Waals surface area contributed by atoms with E-state index in [9.17, 15) is 4.79 Å². The number of hydrogen-bond acceptors (Lipinski definition) is 3. The van der Waals surface area contributed by atoms with Gasteiger partial charge in [-0.1, -0.05) is 11.6 Å². The maximum absolute atomic E-state index is 10.9. The molecule has 104 valence electrons. The minimum absolute atomic E-state index is 0.0721. The predicted octanol–water partition coefficient (Wildman–Crippen LogP) is 4.17. The summed E-state index contributed by atoms with van der Waals surface area (Å²) in [4.78, 5) is 12.0. The molecule has 0 heterocycles. The summed E-state index contributed by atoms with van der Waals surface area (Å²) >= 11 is 7.64. The minimum Gasteiger partial charge on any atom is -0.398 e. The fraction of sp³-hybridized carbons (Fsp3) is 0.133. The van der Waals surface area contributed by atoms with Gasteiger partial charge in [-0.05, 0) is 48.0 Å². The number of benzene rings is 2. The van der Waals surface area contributed by atoms with Crippen molar-refractivity contribution in [2.24, 2.45) is 0 Å². The molecule has 2 aromatic rings. The molecular weight excluding hydrogens is 292 g/mol. The number of nitrogens with one attached hydrogen (secondary N) is 1. The number of carbonyl (C=O) groups is 1. The quantitative estimate of drug-likeness (QED) is 0.658. The summed E-state index contributed by atoms with van der Waals surface area (Å²) in [7, 11) is 0. The van der Waals surface area contributed by atoms with Gasteiger partial charge in [-0.3, -0.25) is 4.79 Å². The number of amides is 1. The molecule has 0 aliphatic carbocycles. The van der Waals surface area contributed by atoms with Gasteiger partial charge in [-0.25, -0.2) is 0 Å². The zero-order valence-electron chi connectivity index (χ0n) is 11.0. The van der Waals surface area contributed by atoms with Gasteiger partial charge in [-0.15, -0.1) is 11.8 Å². The van der Waals surface area contributed by atoms with Crippen LogP contribution in [0.15, 0.2) is 47.4 Å². The van der Waals surface area contributed by atoms with Crippen molar-refractivity contribution in [2.45, 2.75) is 17.6 Å². The van der Waals surface area contributed by atoms with Crippen LogP contribution in [0.4, 0.5) is 11.4 Å². The zero-order chi connectivity index (χ0) is 14.5. The third-order valence-electron chi connectivity index (χ3n) is 2.67. The lowest BCUT2D eigenvalue weighted by atomic mass is 10.2. The monoisotopic (exact) mass is 306 g/mol. The summed E-state index contributed by atoms with van der Waals surface area (Å²) < 4.78 is 0. The molecule has 0 aliphatic rings. The van der Waals surface area contributed by atoms with Crippen LogP contribution in [0.1, 0.15) is 12.5 Å². The fourth-order valence-electron chi connectivity index (χ4n) is 1.70. The summed E-state index contributed by atoms with van der Waals surface area (Å²) in [5, 5.41) is 3.43. The smallest absolute Gasteiger partial charge is 0.221 e. The van der Waals surface area contributed by atoms with Crippen molar-refractivity contribution in [3.05, 3.63) is 53.1 Å². The van der Waals surface area contributed by atoms with Gasteiger partial charge in [0, 0.05) is 34.0 Å². The van der Waals surface area contributed by atoms with E-state index >= 15 is 0 Å². The highest BCUT2D eigenvalue weighted by molar-refractivity contribution is 7.98. The van der Waals surface area contributed by atoms with Crippen LogP contribution in [-0.4, -0.2) is 5.91 Å². The van der Waals surface area contributed by atoms with Crippen LogP contribution < -0.4 is 11.1 Å². The lowest BCUT2D eigenvalue weighted by molar-refractivity contribution is -0.114.